The van der Waals surface area contributed by atoms with Crippen LogP contribution in [-0.4, -0.2) is 120 Å². The summed E-state index contributed by atoms with van der Waals surface area (Å²) in [6.45, 7) is -0.0662. The summed E-state index contributed by atoms with van der Waals surface area (Å²) in [5.74, 6) is -6.53. The van der Waals surface area contributed by atoms with Crippen molar-refractivity contribution in [2.24, 2.45) is 0 Å². The predicted octanol–water partition coefficient (Wildman–Crippen LogP) is 1.36. The quantitative estimate of drug-likeness (QED) is 0.205. The molecule has 5 rings (SSSR count). The summed E-state index contributed by atoms with van der Waals surface area (Å²) in [7, 11) is 0. The van der Waals surface area contributed by atoms with Gasteiger partial charge in [0.2, 0.25) is 47.3 Å². The third-order valence-electron chi connectivity index (χ3n) is 11.7. The number of carbonyl (C=O) groups is 8. The van der Waals surface area contributed by atoms with E-state index in [1.165, 1.54) is 0 Å². The van der Waals surface area contributed by atoms with Crippen molar-refractivity contribution in [2.45, 2.75) is 114 Å². The van der Waals surface area contributed by atoms with Crippen molar-refractivity contribution in [1.29, 1.82) is 0 Å². The van der Waals surface area contributed by atoms with Crippen LogP contribution in [-0.2, 0) is 38.4 Å². The molecule has 16 heteroatoms. The summed E-state index contributed by atoms with van der Waals surface area (Å²) in [5.41, 5.74) is 1.48. The Morgan fingerprint density at radius 3 is 1.18 bits per heavy atom. The molecule has 3 aliphatic rings. The molecule has 16 nitrogen and oxygen atoms in total. The van der Waals surface area contributed by atoms with Crippen LogP contribution in [0.3, 0.4) is 0 Å². The molecular formula is C44H60N8O8. The van der Waals surface area contributed by atoms with Gasteiger partial charge < -0.3 is 41.7 Å². The fraction of sp³-hybridized carbons (Fsp3) is 0.545. The van der Waals surface area contributed by atoms with E-state index in [1.54, 1.807) is 13.8 Å². The van der Waals surface area contributed by atoms with E-state index in [2.05, 4.69) is 31.9 Å². The van der Waals surface area contributed by atoms with Crippen LogP contribution in [0.5, 0.6) is 0 Å². The average molecular weight is 829 g/mol. The van der Waals surface area contributed by atoms with Gasteiger partial charge in [-0.15, -0.1) is 0 Å². The minimum Gasteiger partial charge on any atom is -0.352 e. The maximum Gasteiger partial charge on any atom is 0.243 e. The van der Waals surface area contributed by atoms with Gasteiger partial charge in [-0.25, -0.2) is 0 Å². The molecule has 6 N–H and O–H groups in total. The van der Waals surface area contributed by atoms with Gasteiger partial charge in [-0.2, -0.15) is 0 Å². The predicted molar refractivity (Wildman–Crippen MR) is 223 cm³/mol. The molecule has 324 valence electrons. The van der Waals surface area contributed by atoms with Gasteiger partial charge in [0.15, 0.2) is 0 Å². The normalized spacial score (nSPS) is 20.8. The van der Waals surface area contributed by atoms with Crippen molar-refractivity contribution in [1.82, 2.24) is 41.7 Å². The monoisotopic (exact) mass is 828 g/mol. The molecule has 4 unspecified atom stereocenters. The van der Waals surface area contributed by atoms with Crippen molar-refractivity contribution in [2.75, 3.05) is 39.3 Å². The molecule has 2 saturated carbocycles. The molecule has 3 fully saturated rings. The summed E-state index contributed by atoms with van der Waals surface area (Å²) in [4.78, 5) is 112. The number of rotatable bonds is 10. The maximum absolute atomic E-state index is 14.1. The van der Waals surface area contributed by atoms with Crippen LogP contribution in [0.4, 0.5) is 0 Å². The number of hydrogen-bond acceptors (Lipinski definition) is 8. The third kappa shape index (κ3) is 13.1. The van der Waals surface area contributed by atoms with Gasteiger partial charge >= 0.3 is 0 Å². The van der Waals surface area contributed by atoms with Crippen molar-refractivity contribution in [3.63, 3.8) is 0 Å². The van der Waals surface area contributed by atoms with Gasteiger partial charge in [-0.1, -0.05) is 113 Å². The SMILES string of the molecule is CC(c1ccccc1)C(C(=O)NC1CCCCC1)N1CC(=O)NCC(=O)NCC(=O)N(C(C(=O)NC2CCCCC2)C(C)c2ccccc2)CC(=O)NCC(=O)NCC1=O. The Morgan fingerprint density at radius 1 is 0.500 bits per heavy atom. The first kappa shape index (κ1) is 45.3. The first-order chi connectivity index (χ1) is 28.9. The number of carbonyl (C=O) groups excluding carboxylic acids is 8. The second kappa shape index (κ2) is 22.5. The lowest BCUT2D eigenvalue weighted by Crippen LogP contribution is -2.59. The lowest BCUT2D eigenvalue weighted by molar-refractivity contribution is -0.145. The van der Waals surface area contributed by atoms with E-state index in [4.69, 9.17) is 0 Å². The second-order valence-corrected chi connectivity index (χ2v) is 16.1. The second-order valence-electron chi connectivity index (χ2n) is 16.1. The third-order valence-corrected chi connectivity index (χ3v) is 11.7. The van der Waals surface area contributed by atoms with Crippen LogP contribution in [0, 0.1) is 0 Å². The fourth-order valence-corrected chi connectivity index (χ4v) is 8.36. The Bertz CT molecular complexity index is 1680. The van der Waals surface area contributed by atoms with Crippen molar-refractivity contribution in [3.05, 3.63) is 71.8 Å². The van der Waals surface area contributed by atoms with Crippen LogP contribution in [0.25, 0.3) is 0 Å². The molecule has 1 aliphatic heterocycles. The van der Waals surface area contributed by atoms with E-state index in [0.717, 1.165) is 85.1 Å². The first-order valence-corrected chi connectivity index (χ1v) is 21.3. The topological polar surface area (TPSA) is 215 Å². The Labute approximate surface area is 351 Å². The molecule has 0 radical (unpaired) electrons. The van der Waals surface area contributed by atoms with Gasteiger partial charge in [-0.05, 0) is 36.8 Å². The summed E-state index contributed by atoms with van der Waals surface area (Å²) in [6.07, 6.45) is 9.05. The highest BCUT2D eigenvalue weighted by Crippen LogP contribution is 2.27. The molecule has 1 heterocycles. The Morgan fingerprint density at radius 2 is 0.833 bits per heavy atom. The van der Waals surface area contributed by atoms with Crippen molar-refractivity contribution >= 4 is 47.3 Å². The lowest BCUT2D eigenvalue weighted by Gasteiger charge is -2.36. The minimum atomic E-state index is -1.17. The number of nitrogens with zero attached hydrogens (tertiary/aromatic N) is 2. The molecule has 2 aliphatic carbocycles. The smallest absolute Gasteiger partial charge is 0.243 e. The molecule has 1 saturated heterocycles. The van der Waals surface area contributed by atoms with E-state index in [1.807, 2.05) is 60.7 Å². The van der Waals surface area contributed by atoms with Crippen molar-refractivity contribution in [3.8, 4) is 0 Å². The van der Waals surface area contributed by atoms with Gasteiger partial charge in [0.1, 0.15) is 25.2 Å². The molecule has 2 aromatic carbocycles. The standard InChI is InChI=1S/C44H60N8O8/c1-29(31-15-7-3-8-16-31)41(43(59)49-33-19-11-5-12-20-33)51-27-37(55)45-23-36(54)48-26-40(58)52(28-38(56)46-24-35(53)47-25-39(51)57)42(30(2)32-17-9-4-10-18-32)44(60)50-34-21-13-6-14-22-34/h3-4,7-10,15-18,29-30,33-34,41-42H,5-6,11-14,19-28H2,1-2H3,(H,45,55)(H,46,56)(H,47,53)(H,48,54)(H,49,59)(H,50,60). The average Bonchev–Trinajstić information content (AvgIpc) is 3.26. The Hall–Kier alpha value is -5.80. The minimum absolute atomic E-state index is 0.102. The summed E-state index contributed by atoms with van der Waals surface area (Å²) in [5, 5.41) is 16.1. The van der Waals surface area contributed by atoms with E-state index in [9.17, 15) is 38.4 Å². The van der Waals surface area contributed by atoms with E-state index < -0.39 is 110 Å². The fourth-order valence-electron chi connectivity index (χ4n) is 8.36. The molecule has 0 aromatic heterocycles. The van der Waals surface area contributed by atoms with E-state index in [-0.39, 0.29) is 12.1 Å². The molecule has 0 spiro atoms. The van der Waals surface area contributed by atoms with Gasteiger partial charge in [-0.3, -0.25) is 38.4 Å². The number of hydrogen-bond donors (Lipinski definition) is 6. The van der Waals surface area contributed by atoms with Crippen molar-refractivity contribution < 1.29 is 38.4 Å². The Kier molecular flexibility index (Phi) is 17.0. The zero-order chi connectivity index (χ0) is 43.0. The van der Waals surface area contributed by atoms with E-state index >= 15 is 0 Å². The largest absolute Gasteiger partial charge is 0.352 e. The highest BCUT2D eigenvalue weighted by atomic mass is 16.2. The lowest BCUT2D eigenvalue weighted by atomic mass is 9.90. The van der Waals surface area contributed by atoms with Crippen LogP contribution in [0.15, 0.2) is 60.7 Å². The first-order valence-electron chi connectivity index (χ1n) is 21.3. The van der Waals surface area contributed by atoms with Gasteiger partial charge in [0.05, 0.1) is 26.2 Å². The molecular weight excluding hydrogens is 769 g/mol. The zero-order valence-corrected chi connectivity index (χ0v) is 34.7. The molecule has 8 amide bonds. The van der Waals surface area contributed by atoms with E-state index in [0.29, 0.717) is 0 Å². The molecule has 2 aromatic rings. The van der Waals surface area contributed by atoms with Gasteiger partial charge in [0, 0.05) is 23.9 Å². The van der Waals surface area contributed by atoms with Crippen LogP contribution >= 0.6 is 0 Å². The summed E-state index contributed by atoms with van der Waals surface area (Å²) in [6, 6.07) is 15.6. The number of amides is 8. The number of benzene rings is 2. The zero-order valence-electron chi connectivity index (χ0n) is 34.7. The summed E-state index contributed by atoms with van der Waals surface area (Å²) >= 11 is 0. The van der Waals surface area contributed by atoms with Crippen LogP contribution in [0.1, 0.15) is 101 Å². The molecule has 4 atom stereocenters. The highest BCUT2D eigenvalue weighted by molar-refractivity contribution is 5.97. The molecule has 0 bridgehead atoms. The maximum atomic E-state index is 14.1. The van der Waals surface area contributed by atoms with Crippen LogP contribution < -0.4 is 31.9 Å². The number of nitrogens with one attached hydrogen (secondary N) is 6. The van der Waals surface area contributed by atoms with Gasteiger partial charge in [0.25, 0.3) is 0 Å². The molecule has 60 heavy (non-hydrogen) atoms. The summed E-state index contributed by atoms with van der Waals surface area (Å²) < 4.78 is 0. The van der Waals surface area contributed by atoms with Crippen LogP contribution in [0.2, 0.25) is 0 Å². The highest BCUT2D eigenvalue weighted by Gasteiger charge is 2.39. The Balaban J connectivity index is 1.38.